The van der Waals surface area contributed by atoms with Crippen molar-refractivity contribution in [1.82, 2.24) is 14.0 Å². The van der Waals surface area contributed by atoms with Crippen molar-refractivity contribution in [2.45, 2.75) is 63.6 Å². The average molecular weight is 697 g/mol. The normalized spacial score (nSPS) is 28.3. The fraction of sp³-hybridized carbons (Fsp3) is 0.486. The predicted octanol–water partition coefficient (Wildman–Crippen LogP) is 6.14. The molecule has 1 fully saturated rings. The van der Waals surface area contributed by atoms with Crippen molar-refractivity contribution in [3.63, 3.8) is 0 Å². The van der Waals surface area contributed by atoms with Gasteiger partial charge in [-0.05, 0) is 91.8 Å². The molecule has 1 saturated carbocycles. The van der Waals surface area contributed by atoms with Crippen molar-refractivity contribution in [1.29, 1.82) is 0 Å². The van der Waals surface area contributed by atoms with Crippen LogP contribution >= 0.6 is 22.9 Å². The molecule has 2 aromatic carbocycles. The van der Waals surface area contributed by atoms with Crippen LogP contribution in [0.4, 0.5) is 5.69 Å². The molecule has 1 spiro atoms. The molecule has 4 aliphatic rings. The summed E-state index contributed by atoms with van der Waals surface area (Å²) in [4.78, 5) is 20.3. The molecule has 2 aliphatic carbocycles. The summed E-state index contributed by atoms with van der Waals surface area (Å²) in [7, 11) is -4.06. The van der Waals surface area contributed by atoms with E-state index in [1.165, 1.54) is 15.4 Å². The number of aryl methyl sites for hydroxylation is 1. The number of amides is 1. The summed E-state index contributed by atoms with van der Waals surface area (Å²) in [6.07, 6.45) is 9.60. The molecule has 47 heavy (non-hydrogen) atoms. The Bertz CT molecular complexity index is 1750. The second-order valence-electron chi connectivity index (χ2n) is 13.2. The summed E-state index contributed by atoms with van der Waals surface area (Å²) in [6, 6.07) is 11.5. The van der Waals surface area contributed by atoms with Crippen LogP contribution in [0.3, 0.4) is 0 Å². The number of halogens is 1. The highest BCUT2D eigenvalue weighted by molar-refractivity contribution is 7.87. The first-order valence-corrected chi connectivity index (χ1v) is 19.3. The Morgan fingerprint density at radius 2 is 2.11 bits per heavy atom. The first-order chi connectivity index (χ1) is 22.7. The van der Waals surface area contributed by atoms with Crippen LogP contribution in [0.5, 0.6) is 5.75 Å². The first-order valence-electron chi connectivity index (χ1n) is 16.5. The van der Waals surface area contributed by atoms with Gasteiger partial charge in [0, 0.05) is 47.6 Å². The molecular formula is C35H41ClN4O5S2. The van der Waals surface area contributed by atoms with Gasteiger partial charge in [0.1, 0.15) is 5.75 Å². The summed E-state index contributed by atoms with van der Waals surface area (Å²) in [6.45, 7) is 4.68. The lowest BCUT2D eigenvalue weighted by atomic mass is 9.68. The molecule has 2 aliphatic heterocycles. The summed E-state index contributed by atoms with van der Waals surface area (Å²) < 4.78 is 43.4. The maximum Gasteiger partial charge on any atom is 0.304 e. The minimum absolute atomic E-state index is 0.129. The van der Waals surface area contributed by atoms with E-state index in [4.69, 9.17) is 21.1 Å². The van der Waals surface area contributed by atoms with Gasteiger partial charge in [-0.1, -0.05) is 36.7 Å². The van der Waals surface area contributed by atoms with E-state index in [-0.39, 0.29) is 36.1 Å². The van der Waals surface area contributed by atoms with Gasteiger partial charge in [0.15, 0.2) is 0 Å². The highest BCUT2D eigenvalue weighted by atomic mass is 35.5. The second kappa shape index (κ2) is 13.5. The number of ether oxygens (including phenoxy) is 2. The monoisotopic (exact) mass is 696 g/mol. The molecule has 12 heteroatoms. The average Bonchev–Trinajstić information content (AvgIpc) is 3.51. The molecule has 9 nitrogen and oxygen atoms in total. The van der Waals surface area contributed by atoms with Gasteiger partial charge in [-0.2, -0.15) is 12.7 Å². The van der Waals surface area contributed by atoms with Crippen molar-refractivity contribution in [2.75, 3.05) is 37.7 Å². The molecule has 0 radical (unpaired) electrons. The topological polar surface area (TPSA) is 101 Å². The van der Waals surface area contributed by atoms with E-state index in [9.17, 15) is 13.2 Å². The molecule has 4 atom stereocenters. The van der Waals surface area contributed by atoms with Gasteiger partial charge in [-0.15, -0.1) is 11.3 Å². The molecule has 2 bridgehead atoms. The van der Waals surface area contributed by atoms with Crippen molar-refractivity contribution < 1.29 is 22.7 Å². The van der Waals surface area contributed by atoms with E-state index >= 15 is 0 Å². The molecule has 0 saturated heterocycles. The molecule has 7 rings (SSSR count). The second-order valence-corrected chi connectivity index (χ2v) is 16.0. The SMILES string of the molecule is CCN1CC/C=C/[C@H](OCc2cscn2)[C@@H]2CC[C@H]2CN2C[C@@]3(CCCc4cc(Cl)ccc43)COc3ccc(cc32)C(=O)NS1(=O)=O. The van der Waals surface area contributed by atoms with Gasteiger partial charge < -0.3 is 14.4 Å². The quantitative estimate of drug-likeness (QED) is 0.327. The molecular weight excluding hydrogens is 656 g/mol. The summed E-state index contributed by atoms with van der Waals surface area (Å²) in [5, 5.41) is 2.75. The molecule has 0 unspecified atom stereocenters. The highest BCUT2D eigenvalue weighted by Crippen LogP contribution is 2.47. The number of nitrogens with one attached hydrogen (secondary N) is 1. The fourth-order valence-electron chi connectivity index (χ4n) is 7.74. The van der Waals surface area contributed by atoms with Crippen molar-refractivity contribution in [3.8, 4) is 5.75 Å². The zero-order chi connectivity index (χ0) is 32.6. The van der Waals surface area contributed by atoms with Gasteiger partial charge >= 0.3 is 10.2 Å². The fourth-order valence-corrected chi connectivity index (χ4v) is 9.65. The van der Waals surface area contributed by atoms with Gasteiger partial charge in [-0.25, -0.2) is 9.71 Å². The van der Waals surface area contributed by atoms with Crippen molar-refractivity contribution >= 4 is 44.7 Å². The molecule has 1 amide bonds. The number of benzene rings is 2. The van der Waals surface area contributed by atoms with Crippen LogP contribution in [-0.4, -0.2) is 62.5 Å². The number of aromatic nitrogens is 1. The number of hydrogen-bond donors (Lipinski definition) is 1. The van der Waals surface area contributed by atoms with Crippen LogP contribution < -0.4 is 14.4 Å². The van der Waals surface area contributed by atoms with E-state index in [2.05, 4.69) is 32.8 Å². The van der Waals surface area contributed by atoms with E-state index in [1.807, 2.05) is 29.1 Å². The van der Waals surface area contributed by atoms with Crippen LogP contribution in [0.2, 0.25) is 5.02 Å². The molecule has 3 heterocycles. The third-order valence-electron chi connectivity index (χ3n) is 10.3. The van der Waals surface area contributed by atoms with E-state index in [0.29, 0.717) is 37.8 Å². The minimum Gasteiger partial charge on any atom is -0.490 e. The Labute approximate surface area is 286 Å². The predicted molar refractivity (Wildman–Crippen MR) is 185 cm³/mol. The van der Waals surface area contributed by atoms with E-state index < -0.39 is 16.1 Å². The maximum absolute atomic E-state index is 13.5. The van der Waals surface area contributed by atoms with Crippen molar-refractivity contribution in [2.24, 2.45) is 11.8 Å². The number of nitrogens with zero attached hydrogens (tertiary/aromatic N) is 3. The van der Waals surface area contributed by atoms with E-state index in [1.54, 1.807) is 30.4 Å². The number of anilines is 1. The maximum atomic E-state index is 13.5. The van der Waals surface area contributed by atoms with Crippen LogP contribution in [0.25, 0.3) is 0 Å². The van der Waals surface area contributed by atoms with Crippen LogP contribution in [0, 0.1) is 11.8 Å². The van der Waals surface area contributed by atoms with Crippen LogP contribution in [-0.2, 0) is 33.4 Å². The third kappa shape index (κ3) is 6.70. The first kappa shape index (κ1) is 32.6. The Morgan fingerprint density at radius 3 is 2.89 bits per heavy atom. The Kier molecular flexibility index (Phi) is 9.36. The number of carbonyl (C=O) groups excluding carboxylic acids is 1. The highest BCUT2D eigenvalue weighted by Gasteiger charge is 2.44. The van der Waals surface area contributed by atoms with Gasteiger partial charge in [0.25, 0.3) is 5.91 Å². The Morgan fingerprint density at radius 1 is 1.21 bits per heavy atom. The molecule has 1 aromatic heterocycles. The van der Waals surface area contributed by atoms with Crippen LogP contribution in [0.15, 0.2) is 59.4 Å². The van der Waals surface area contributed by atoms with Gasteiger partial charge in [-0.3, -0.25) is 4.79 Å². The summed E-state index contributed by atoms with van der Waals surface area (Å²) in [5.41, 5.74) is 6.10. The molecule has 250 valence electrons. The smallest absolute Gasteiger partial charge is 0.304 e. The van der Waals surface area contributed by atoms with Crippen molar-refractivity contribution in [3.05, 3.63) is 86.8 Å². The summed E-state index contributed by atoms with van der Waals surface area (Å²) >= 11 is 8.00. The summed E-state index contributed by atoms with van der Waals surface area (Å²) in [5.74, 6) is 0.693. The lowest BCUT2D eigenvalue weighted by molar-refractivity contribution is -0.0235. The minimum atomic E-state index is -4.06. The standard InChI is InChI=1S/C35H41ClN4O5S2/c1-2-40-15-4-3-7-32(44-19-28-20-46-23-37-28)29-11-8-26(29)18-39-21-35(14-5-6-24-16-27(36)10-12-30(24)35)22-45-33-13-9-25(17-31(33)39)34(41)38-47(40,42)43/h3,7,9-10,12-13,16-17,20,23,26,29,32H,2,4-6,8,11,14-15,18-19,21-22H2,1H3,(H,38,41)/b7-3+/t26-,29+,32-,35-/m0/s1. The molecule has 3 aromatic rings. The third-order valence-corrected chi connectivity index (χ3v) is 12.8. The zero-order valence-corrected chi connectivity index (χ0v) is 29.0. The number of rotatable bonds is 4. The molecule has 1 N–H and O–H groups in total. The zero-order valence-electron chi connectivity index (χ0n) is 26.6. The lowest BCUT2D eigenvalue weighted by Crippen LogP contribution is -2.49. The van der Waals surface area contributed by atoms with Gasteiger partial charge in [0.05, 0.1) is 36.2 Å². The van der Waals surface area contributed by atoms with Gasteiger partial charge in [0.2, 0.25) is 0 Å². The lowest BCUT2D eigenvalue weighted by Gasteiger charge is -2.46. The number of hydrogen-bond acceptors (Lipinski definition) is 8. The van der Waals surface area contributed by atoms with E-state index in [0.717, 1.165) is 55.1 Å². The Balaban J connectivity index is 1.28. The number of thiazole rings is 1. The number of carbonyl (C=O) groups is 1. The Hall–Kier alpha value is -2.96. The largest absolute Gasteiger partial charge is 0.490 e. The van der Waals surface area contributed by atoms with Crippen LogP contribution in [0.1, 0.15) is 66.2 Å². The number of fused-ring (bicyclic) bond motifs is 4.